The van der Waals surface area contributed by atoms with Gasteiger partial charge < -0.3 is 15.4 Å². The van der Waals surface area contributed by atoms with Gasteiger partial charge in [0.1, 0.15) is 0 Å². The maximum atomic E-state index is 11.0. The first-order chi connectivity index (χ1) is 9.54. The van der Waals surface area contributed by atoms with Crippen LogP contribution in [0.15, 0.2) is 18.3 Å². The van der Waals surface area contributed by atoms with Gasteiger partial charge in [0.2, 0.25) is 11.6 Å². The normalized spacial score (nSPS) is 10.6. The van der Waals surface area contributed by atoms with Crippen molar-refractivity contribution in [2.24, 2.45) is 7.05 Å². The Hall–Kier alpha value is -2.44. The number of nitrogens with one attached hydrogen (secondary N) is 1. The zero-order chi connectivity index (χ0) is 14.7. The molecule has 0 saturated carbocycles. The summed E-state index contributed by atoms with van der Waals surface area (Å²) in [5, 5.41) is 14.1. The Labute approximate surface area is 116 Å². The number of nitrogens with zero attached hydrogens (tertiary/aromatic N) is 4. The van der Waals surface area contributed by atoms with E-state index in [1.165, 1.54) is 0 Å². The van der Waals surface area contributed by atoms with Gasteiger partial charge in [-0.05, 0) is 28.0 Å². The molecule has 7 heteroatoms. The molecule has 2 aromatic heterocycles. The summed E-state index contributed by atoms with van der Waals surface area (Å²) in [4.78, 5) is 18.8. The van der Waals surface area contributed by atoms with Crippen LogP contribution in [0.25, 0.3) is 0 Å². The lowest BCUT2D eigenvalue weighted by atomic mass is 10.1. The van der Waals surface area contributed by atoms with E-state index >= 15 is 0 Å². The molecular weight excluding hydrogens is 258 g/mol. The predicted octanol–water partition coefficient (Wildman–Crippen LogP) is 2.21. The molecule has 1 N–H and O–H groups in total. The molecule has 7 nitrogen and oxygen atoms in total. The van der Waals surface area contributed by atoms with Crippen LogP contribution in [0.3, 0.4) is 0 Å². The van der Waals surface area contributed by atoms with Crippen LogP contribution in [-0.4, -0.2) is 19.5 Å². The van der Waals surface area contributed by atoms with Gasteiger partial charge in [0.15, 0.2) is 0 Å². The highest BCUT2D eigenvalue weighted by atomic mass is 16.6. The first kappa shape index (κ1) is 14.0. The second-order valence-electron chi connectivity index (χ2n) is 4.46. The lowest BCUT2D eigenvalue weighted by Crippen LogP contribution is -2.09. The van der Waals surface area contributed by atoms with Gasteiger partial charge in [0.25, 0.3) is 0 Å². The predicted molar refractivity (Wildman–Crippen MR) is 75.5 cm³/mol. The summed E-state index contributed by atoms with van der Waals surface area (Å²) in [6, 6.07) is 3.89. The molecule has 0 atom stereocenters. The summed E-state index contributed by atoms with van der Waals surface area (Å²) in [7, 11) is 1.75. The van der Waals surface area contributed by atoms with Crippen LogP contribution in [0.2, 0.25) is 0 Å². The standard InChI is InChI=1S/C13H17N5O2/c1-4-10-6-5-7-14-11(10)8-15-12-13(18(19)20)16-9(2)17(12)3/h5-7,15H,4,8H2,1-3H3. The zero-order valence-electron chi connectivity index (χ0n) is 11.8. The highest BCUT2D eigenvalue weighted by Gasteiger charge is 2.23. The van der Waals surface area contributed by atoms with Crippen molar-refractivity contribution < 1.29 is 4.92 Å². The number of rotatable bonds is 5. The molecule has 0 amide bonds. The van der Waals surface area contributed by atoms with Crippen molar-refractivity contribution in [1.82, 2.24) is 14.5 Å². The molecule has 2 heterocycles. The monoisotopic (exact) mass is 275 g/mol. The molecule has 2 aromatic rings. The molecule has 0 spiro atoms. The topological polar surface area (TPSA) is 85.9 Å². The van der Waals surface area contributed by atoms with Gasteiger partial charge >= 0.3 is 5.82 Å². The van der Waals surface area contributed by atoms with E-state index in [9.17, 15) is 10.1 Å². The first-order valence-electron chi connectivity index (χ1n) is 6.39. The SMILES string of the molecule is CCc1cccnc1CNc1c([N+](=O)[O-])nc(C)n1C. The highest BCUT2D eigenvalue weighted by Crippen LogP contribution is 2.24. The van der Waals surface area contributed by atoms with Crippen LogP contribution in [0.4, 0.5) is 11.6 Å². The number of hydrogen-bond donors (Lipinski definition) is 1. The molecule has 0 radical (unpaired) electrons. The van der Waals surface area contributed by atoms with E-state index in [1.54, 1.807) is 24.7 Å². The number of anilines is 1. The number of pyridine rings is 1. The van der Waals surface area contributed by atoms with Crippen molar-refractivity contribution in [3.8, 4) is 0 Å². The van der Waals surface area contributed by atoms with Gasteiger partial charge in [0.05, 0.1) is 12.2 Å². The fourth-order valence-corrected chi connectivity index (χ4v) is 2.04. The van der Waals surface area contributed by atoms with Crippen molar-refractivity contribution >= 4 is 11.6 Å². The lowest BCUT2D eigenvalue weighted by Gasteiger charge is -2.09. The van der Waals surface area contributed by atoms with E-state index in [1.807, 2.05) is 12.1 Å². The third-order valence-electron chi connectivity index (χ3n) is 3.26. The summed E-state index contributed by atoms with van der Waals surface area (Å²) in [5.41, 5.74) is 2.02. The van der Waals surface area contributed by atoms with Crippen molar-refractivity contribution in [3.05, 3.63) is 45.5 Å². The average molecular weight is 275 g/mol. The third kappa shape index (κ3) is 2.61. The highest BCUT2D eigenvalue weighted by molar-refractivity contribution is 5.53. The van der Waals surface area contributed by atoms with Gasteiger partial charge in [-0.25, -0.2) is 0 Å². The molecule has 0 fully saturated rings. The molecule has 0 aliphatic carbocycles. The van der Waals surface area contributed by atoms with E-state index in [4.69, 9.17) is 0 Å². The van der Waals surface area contributed by atoms with Crippen LogP contribution < -0.4 is 5.32 Å². The van der Waals surface area contributed by atoms with Gasteiger partial charge in [-0.3, -0.25) is 9.55 Å². The van der Waals surface area contributed by atoms with Crippen LogP contribution in [0, 0.1) is 17.0 Å². The number of nitro groups is 1. The van der Waals surface area contributed by atoms with E-state index in [2.05, 4.69) is 22.2 Å². The van der Waals surface area contributed by atoms with Crippen molar-refractivity contribution in [3.63, 3.8) is 0 Å². The van der Waals surface area contributed by atoms with Crippen molar-refractivity contribution in [1.29, 1.82) is 0 Å². The summed E-state index contributed by atoms with van der Waals surface area (Å²) in [5.74, 6) is 0.843. The quantitative estimate of drug-likeness (QED) is 0.667. The Morgan fingerprint density at radius 3 is 2.90 bits per heavy atom. The molecule has 0 aromatic carbocycles. The second kappa shape index (κ2) is 5.68. The Kier molecular flexibility index (Phi) is 3.97. The summed E-state index contributed by atoms with van der Waals surface area (Å²) < 4.78 is 1.67. The minimum atomic E-state index is -0.478. The Morgan fingerprint density at radius 1 is 1.50 bits per heavy atom. The second-order valence-corrected chi connectivity index (χ2v) is 4.46. The Morgan fingerprint density at radius 2 is 2.25 bits per heavy atom. The molecule has 0 aliphatic rings. The van der Waals surface area contributed by atoms with Crippen LogP contribution >= 0.6 is 0 Å². The maximum Gasteiger partial charge on any atom is 0.406 e. The Bertz CT molecular complexity index is 636. The summed E-state index contributed by atoms with van der Waals surface area (Å²) >= 11 is 0. The van der Waals surface area contributed by atoms with E-state index in [0.29, 0.717) is 18.2 Å². The number of hydrogen-bond acceptors (Lipinski definition) is 5. The molecule has 0 bridgehead atoms. The van der Waals surface area contributed by atoms with Crippen molar-refractivity contribution in [2.75, 3.05) is 5.32 Å². The molecule has 106 valence electrons. The van der Waals surface area contributed by atoms with Crippen LogP contribution in [0.1, 0.15) is 24.0 Å². The van der Waals surface area contributed by atoms with Gasteiger partial charge in [-0.15, -0.1) is 0 Å². The molecule has 0 aliphatic heterocycles. The first-order valence-corrected chi connectivity index (χ1v) is 6.39. The molecular formula is C13H17N5O2. The zero-order valence-corrected chi connectivity index (χ0v) is 11.8. The van der Waals surface area contributed by atoms with Gasteiger partial charge in [0, 0.05) is 20.2 Å². The number of aromatic nitrogens is 3. The smallest absolute Gasteiger partial charge is 0.359 e. The largest absolute Gasteiger partial charge is 0.406 e. The number of imidazole rings is 1. The van der Waals surface area contributed by atoms with Crippen LogP contribution in [0.5, 0.6) is 0 Å². The van der Waals surface area contributed by atoms with Crippen LogP contribution in [-0.2, 0) is 20.0 Å². The minimum Gasteiger partial charge on any atom is -0.359 e. The third-order valence-corrected chi connectivity index (χ3v) is 3.26. The Balaban J connectivity index is 2.25. The number of aryl methyl sites for hydroxylation is 2. The fourth-order valence-electron chi connectivity index (χ4n) is 2.04. The van der Waals surface area contributed by atoms with Gasteiger partial charge in [-0.2, -0.15) is 0 Å². The maximum absolute atomic E-state index is 11.0. The van der Waals surface area contributed by atoms with E-state index < -0.39 is 4.92 Å². The van der Waals surface area contributed by atoms with E-state index in [-0.39, 0.29) is 5.82 Å². The average Bonchev–Trinajstić information content (AvgIpc) is 2.73. The molecule has 0 unspecified atom stereocenters. The molecule has 0 saturated heterocycles. The van der Waals surface area contributed by atoms with Gasteiger partial charge in [-0.1, -0.05) is 13.0 Å². The minimum absolute atomic E-state index is 0.154. The summed E-state index contributed by atoms with van der Waals surface area (Å²) in [6.07, 6.45) is 2.59. The summed E-state index contributed by atoms with van der Waals surface area (Å²) in [6.45, 7) is 4.22. The van der Waals surface area contributed by atoms with Crippen molar-refractivity contribution in [2.45, 2.75) is 26.8 Å². The lowest BCUT2D eigenvalue weighted by molar-refractivity contribution is -0.388. The molecule has 20 heavy (non-hydrogen) atoms. The molecule has 2 rings (SSSR count). The fraction of sp³-hybridized carbons (Fsp3) is 0.385. The van der Waals surface area contributed by atoms with E-state index in [0.717, 1.165) is 17.7 Å².